The second kappa shape index (κ2) is 7.46. The Morgan fingerprint density at radius 3 is 2.59 bits per heavy atom. The van der Waals surface area contributed by atoms with Gasteiger partial charge >= 0.3 is 0 Å². The maximum Gasteiger partial charge on any atom is 0.254 e. The standard InChI is InChI=1S/C22H23F3N2O2/c23-15-6-1-4-13(10-15)16-7-2-5-14(19(16)25)11-18-20(26)17(24)12-27(18)21(28)22(29)8-3-9-22/h1-2,4-7,10,17-18,20,29H,3,8-9,11-12,26H2/t17?,18-,20?/m0/s1. The number of halogens is 3. The highest BCUT2D eigenvalue weighted by molar-refractivity contribution is 5.86. The smallest absolute Gasteiger partial charge is 0.254 e. The van der Waals surface area contributed by atoms with Crippen LogP contribution < -0.4 is 5.73 Å². The van der Waals surface area contributed by atoms with Gasteiger partial charge in [-0.2, -0.15) is 0 Å². The molecule has 3 N–H and O–H groups in total. The maximum absolute atomic E-state index is 15.2. The minimum absolute atomic E-state index is 0.0123. The summed E-state index contributed by atoms with van der Waals surface area (Å²) in [7, 11) is 0. The number of hydrogen-bond acceptors (Lipinski definition) is 3. The largest absolute Gasteiger partial charge is 0.380 e. The molecule has 0 radical (unpaired) electrons. The lowest BCUT2D eigenvalue weighted by Gasteiger charge is -2.40. The van der Waals surface area contributed by atoms with Crippen LogP contribution in [0.5, 0.6) is 0 Å². The number of amides is 1. The van der Waals surface area contributed by atoms with E-state index in [2.05, 4.69) is 0 Å². The van der Waals surface area contributed by atoms with E-state index in [1.165, 1.54) is 23.1 Å². The van der Waals surface area contributed by atoms with Crippen molar-refractivity contribution in [3.63, 3.8) is 0 Å². The van der Waals surface area contributed by atoms with Gasteiger partial charge in [-0.15, -0.1) is 0 Å². The van der Waals surface area contributed by atoms with Crippen LogP contribution in [-0.2, 0) is 11.2 Å². The van der Waals surface area contributed by atoms with Gasteiger partial charge in [-0.3, -0.25) is 4.79 Å². The van der Waals surface area contributed by atoms with Crippen molar-refractivity contribution in [2.75, 3.05) is 6.54 Å². The molecule has 0 bridgehead atoms. The second-order valence-electron chi connectivity index (χ2n) is 8.00. The topological polar surface area (TPSA) is 66.6 Å². The average molecular weight is 404 g/mol. The van der Waals surface area contributed by atoms with Crippen molar-refractivity contribution in [3.8, 4) is 11.1 Å². The number of hydrogen-bond donors (Lipinski definition) is 2. The highest BCUT2D eigenvalue weighted by atomic mass is 19.1. The number of alkyl halides is 1. The third-order valence-electron chi connectivity index (χ3n) is 6.12. The zero-order valence-electron chi connectivity index (χ0n) is 15.8. The zero-order valence-corrected chi connectivity index (χ0v) is 15.8. The van der Waals surface area contributed by atoms with Crippen LogP contribution in [0.15, 0.2) is 42.5 Å². The molecule has 7 heteroatoms. The van der Waals surface area contributed by atoms with Gasteiger partial charge in [0.2, 0.25) is 0 Å². The number of benzene rings is 2. The Labute approximate surface area is 167 Å². The van der Waals surface area contributed by atoms with E-state index in [0.717, 1.165) is 6.42 Å². The van der Waals surface area contributed by atoms with E-state index in [-0.39, 0.29) is 24.1 Å². The van der Waals surface area contributed by atoms with Crippen molar-refractivity contribution < 1.29 is 23.1 Å². The number of nitrogens with zero attached hydrogens (tertiary/aromatic N) is 1. The quantitative estimate of drug-likeness (QED) is 0.824. The number of rotatable bonds is 4. The summed E-state index contributed by atoms with van der Waals surface area (Å²) in [5.74, 6) is -1.57. The molecule has 154 valence electrons. The Hall–Kier alpha value is -2.38. The van der Waals surface area contributed by atoms with Gasteiger partial charge in [0.05, 0.1) is 18.6 Å². The molecule has 4 rings (SSSR count). The van der Waals surface area contributed by atoms with E-state index in [1.807, 2.05) is 0 Å². The average Bonchev–Trinajstić information content (AvgIpc) is 2.95. The fraction of sp³-hybridized carbons (Fsp3) is 0.409. The summed E-state index contributed by atoms with van der Waals surface area (Å²) in [5.41, 5.74) is 5.41. The van der Waals surface area contributed by atoms with Crippen molar-refractivity contribution in [1.29, 1.82) is 0 Å². The molecule has 0 spiro atoms. The summed E-state index contributed by atoms with van der Waals surface area (Å²) in [6, 6.07) is 8.61. The van der Waals surface area contributed by atoms with Crippen LogP contribution in [0.4, 0.5) is 13.2 Å². The maximum atomic E-state index is 15.2. The Morgan fingerprint density at radius 1 is 1.21 bits per heavy atom. The van der Waals surface area contributed by atoms with Crippen molar-refractivity contribution in [3.05, 3.63) is 59.7 Å². The van der Waals surface area contributed by atoms with E-state index in [9.17, 15) is 18.7 Å². The first-order valence-electron chi connectivity index (χ1n) is 9.76. The highest BCUT2D eigenvalue weighted by Crippen LogP contribution is 2.37. The summed E-state index contributed by atoms with van der Waals surface area (Å²) in [6.45, 7) is -0.210. The van der Waals surface area contributed by atoms with Crippen LogP contribution in [0.1, 0.15) is 24.8 Å². The molecule has 3 atom stereocenters. The molecule has 1 aliphatic carbocycles. The monoisotopic (exact) mass is 404 g/mol. The van der Waals surface area contributed by atoms with E-state index in [1.54, 1.807) is 24.3 Å². The molecule has 1 saturated carbocycles. The molecule has 2 aromatic rings. The molecule has 1 heterocycles. The van der Waals surface area contributed by atoms with Crippen LogP contribution in [0, 0.1) is 11.6 Å². The molecule has 2 aromatic carbocycles. The Kier molecular flexibility index (Phi) is 5.12. The first kappa shape index (κ1) is 19.9. The fourth-order valence-electron chi connectivity index (χ4n) is 4.21. The second-order valence-corrected chi connectivity index (χ2v) is 8.00. The van der Waals surface area contributed by atoms with Gasteiger partial charge in [0.25, 0.3) is 5.91 Å². The zero-order chi connectivity index (χ0) is 20.8. The van der Waals surface area contributed by atoms with Crippen molar-refractivity contribution in [2.45, 2.75) is 49.5 Å². The number of aliphatic hydroxyl groups is 1. The van der Waals surface area contributed by atoms with Crippen LogP contribution >= 0.6 is 0 Å². The Balaban J connectivity index is 1.63. The molecule has 1 aliphatic heterocycles. The first-order chi connectivity index (χ1) is 13.8. The molecule has 29 heavy (non-hydrogen) atoms. The van der Waals surface area contributed by atoms with Crippen LogP contribution in [0.3, 0.4) is 0 Å². The van der Waals surface area contributed by atoms with Gasteiger partial charge in [0.15, 0.2) is 0 Å². The number of likely N-dealkylation sites (tertiary alicyclic amines) is 1. The summed E-state index contributed by atoms with van der Waals surface area (Å²) in [6.07, 6.45) is -0.0220. The Bertz CT molecular complexity index is 932. The van der Waals surface area contributed by atoms with Gasteiger partial charge in [-0.1, -0.05) is 30.3 Å². The molecular weight excluding hydrogens is 381 g/mol. The van der Waals surface area contributed by atoms with E-state index in [4.69, 9.17) is 5.73 Å². The summed E-state index contributed by atoms with van der Waals surface area (Å²) in [5, 5.41) is 10.4. The summed E-state index contributed by atoms with van der Waals surface area (Å²) in [4.78, 5) is 14.0. The van der Waals surface area contributed by atoms with Crippen molar-refractivity contribution in [2.24, 2.45) is 5.73 Å². The predicted octanol–water partition coefficient (Wildman–Crippen LogP) is 2.97. The molecule has 2 fully saturated rings. The Morgan fingerprint density at radius 2 is 1.93 bits per heavy atom. The number of carbonyl (C=O) groups is 1. The van der Waals surface area contributed by atoms with Crippen LogP contribution in [-0.4, -0.2) is 46.3 Å². The van der Waals surface area contributed by atoms with E-state index in [0.29, 0.717) is 18.4 Å². The van der Waals surface area contributed by atoms with E-state index < -0.39 is 41.4 Å². The molecule has 2 aliphatic rings. The van der Waals surface area contributed by atoms with Gasteiger partial charge < -0.3 is 15.7 Å². The lowest BCUT2D eigenvalue weighted by Crippen LogP contribution is -2.56. The van der Waals surface area contributed by atoms with E-state index >= 15 is 4.39 Å². The lowest BCUT2D eigenvalue weighted by atomic mass is 9.79. The highest BCUT2D eigenvalue weighted by Gasteiger charge is 2.51. The molecule has 1 amide bonds. The normalized spacial score (nSPS) is 25.7. The van der Waals surface area contributed by atoms with Gasteiger partial charge in [-0.05, 0) is 48.9 Å². The van der Waals surface area contributed by atoms with Gasteiger partial charge in [0.1, 0.15) is 23.4 Å². The minimum atomic E-state index is -1.47. The van der Waals surface area contributed by atoms with Gasteiger partial charge in [-0.25, -0.2) is 13.2 Å². The third kappa shape index (κ3) is 3.53. The number of nitrogens with two attached hydrogens (primary N) is 1. The molecule has 4 nitrogen and oxygen atoms in total. The first-order valence-corrected chi connectivity index (χ1v) is 9.76. The minimum Gasteiger partial charge on any atom is -0.380 e. The fourth-order valence-corrected chi connectivity index (χ4v) is 4.21. The molecule has 2 unspecified atom stereocenters. The molecule has 1 saturated heterocycles. The van der Waals surface area contributed by atoms with Gasteiger partial charge in [0, 0.05) is 5.56 Å². The third-order valence-corrected chi connectivity index (χ3v) is 6.12. The van der Waals surface area contributed by atoms with Crippen molar-refractivity contribution in [1.82, 2.24) is 4.90 Å². The molecular formula is C22H23F3N2O2. The summed E-state index contributed by atoms with van der Waals surface area (Å²) >= 11 is 0. The van der Waals surface area contributed by atoms with Crippen LogP contribution in [0.2, 0.25) is 0 Å². The predicted molar refractivity (Wildman–Crippen MR) is 103 cm³/mol. The van der Waals surface area contributed by atoms with Crippen LogP contribution in [0.25, 0.3) is 11.1 Å². The number of carbonyl (C=O) groups excluding carboxylic acids is 1. The summed E-state index contributed by atoms with van der Waals surface area (Å²) < 4.78 is 43.1. The van der Waals surface area contributed by atoms with Crippen molar-refractivity contribution >= 4 is 5.91 Å². The molecule has 0 aromatic heterocycles. The lowest BCUT2D eigenvalue weighted by molar-refractivity contribution is -0.161. The SMILES string of the molecule is NC1C(F)CN(C(=O)C2(O)CCC2)[C@H]1Cc1cccc(-c2cccc(F)c2)c1F.